The van der Waals surface area contributed by atoms with Gasteiger partial charge in [-0.25, -0.2) is 4.39 Å². The molecule has 0 aliphatic carbocycles. The number of hydrogen-bond donors (Lipinski definition) is 2. The Bertz CT molecular complexity index is 687. The van der Waals surface area contributed by atoms with Crippen molar-refractivity contribution in [3.8, 4) is 11.5 Å². The van der Waals surface area contributed by atoms with Crippen LogP contribution in [-0.2, 0) is 13.2 Å². The molecule has 0 saturated carbocycles. The predicted molar refractivity (Wildman–Crippen MR) is 101 cm³/mol. The van der Waals surface area contributed by atoms with Gasteiger partial charge in [-0.15, -0.1) is 0 Å². The van der Waals surface area contributed by atoms with Crippen LogP contribution in [0.25, 0.3) is 0 Å². The second kappa shape index (κ2) is 10.4. The standard InChI is InChI=1S/C20H25ClFNO3/c1-3-15(12-24)23-11-14-8-9-19(20(10-14)25-4-2)26-13-16-17(21)6-5-7-18(16)22/h5-10,15,23-24H,3-4,11-13H2,1-2H3. The maximum Gasteiger partial charge on any atom is 0.161 e. The summed E-state index contributed by atoms with van der Waals surface area (Å²) in [6.45, 7) is 5.12. The molecule has 142 valence electrons. The molecule has 0 aromatic heterocycles. The van der Waals surface area contributed by atoms with Crippen LogP contribution in [0.5, 0.6) is 11.5 Å². The van der Waals surface area contributed by atoms with Crippen LogP contribution in [0.3, 0.4) is 0 Å². The fraction of sp³-hybridized carbons (Fsp3) is 0.400. The molecule has 6 heteroatoms. The minimum atomic E-state index is -0.397. The summed E-state index contributed by atoms with van der Waals surface area (Å²) >= 11 is 6.04. The van der Waals surface area contributed by atoms with Gasteiger partial charge in [-0.1, -0.05) is 30.7 Å². The van der Waals surface area contributed by atoms with Crippen molar-refractivity contribution >= 4 is 11.6 Å². The Morgan fingerprint density at radius 2 is 1.96 bits per heavy atom. The van der Waals surface area contributed by atoms with E-state index in [9.17, 15) is 9.50 Å². The second-order valence-electron chi connectivity index (χ2n) is 5.87. The Kier molecular flexibility index (Phi) is 8.16. The van der Waals surface area contributed by atoms with Crippen molar-refractivity contribution in [2.75, 3.05) is 13.2 Å². The Morgan fingerprint density at radius 1 is 1.15 bits per heavy atom. The number of aliphatic hydroxyl groups is 1. The van der Waals surface area contributed by atoms with Crippen LogP contribution in [0.1, 0.15) is 31.4 Å². The van der Waals surface area contributed by atoms with Crippen LogP contribution in [0.4, 0.5) is 4.39 Å². The number of rotatable bonds is 10. The van der Waals surface area contributed by atoms with E-state index in [2.05, 4.69) is 5.32 Å². The Balaban J connectivity index is 2.10. The van der Waals surface area contributed by atoms with Gasteiger partial charge in [0.2, 0.25) is 0 Å². The first-order valence-electron chi connectivity index (χ1n) is 8.74. The molecule has 2 rings (SSSR count). The molecule has 0 radical (unpaired) electrons. The van der Waals surface area contributed by atoms with Gasteiger partial charge in [-0.3, -0.25) is 0 Å². The van der Waals surface area contributed by atoms with Crippen molar-refractivity contribution in [2.24, 2.45) is 0 Å². The number of nitrogens with one attached hydrogen (secondary N) is 1. The minimum Gasteiger partial charge on any atom is -0.490 e. The van der Waals surface area contributed by atoms with Gasteiger partial charge in [0.15, 0.2) is 11.5 Å². The van der Waals surface area contributed by atoms with Crippen molar-refractivity contribution in [3.05, 3.63) is 58.4 Å². The smallest absolute Gasteiger partial charge is 0.161 e. The Labute approximate surface area is 158 Å². The minimum absolute atomic E-state index is 0.0194. The lowest BCUT2D eigenvalue weighted by molar-refractivity contribution is 0.238. The van der Waals surface area contributed by atoms with Crippen LogP contribution in [0, 0.1) is 5.82 Å². The predicted octanol–water partition coefficient (Wildman–Crippen LogP) is 4.32. The SMILES string of the molecule is CCOc1cc(CNC(CC)CO)ccc1OCc1c(F)cccc1Cl. The van der Waals surface area contributed by atoms with E-state index in [1.165, 1.54) is 6.07 Å². The van der Waals surface area contributed by atoms with E-state index in [-0.39, 0.29) is 19.3 Å². The highest BCUT2D eigenvalue weighted by Gasteiger charge is 2.12. The third-order valence-electron chi connectivity index (χ3n) is 4.05. The molecule has 26 heavy (non-hydrogen) atoms. The van der Waals surface area contributed by atoms with Gasteiger partial charge in [0.25, 0.3) is 0 Å². The Hall–Kier alpha value is -1.82. The van der Waals surface area contributed by atoms with E-state index in [0.29, 0.717) is 35.2 Å². The van der Waals surface area contributed by atoms with E-state index >= 15 is 0 Å². The first-order chi connectivity index (χ1) is 12.6. The molecule has 0 amide bonds. The molecule has 1 unspecified atom stereocenters. The van der Waals surface area contributed by atoms with Crippen LogP contribution >= 0.6 is 11.6 Å². The van der Waals surface area contributed by atoms with E-state index in [1.807, 2.05) is 26.0 Å². The summed E-state index contributed by atoms with van der Waals surface area (Å²) in [6, 6.07) is 10.2. The molecular weight excluding hydrogens is 357 g/mol. The molecule has 0 spiro atoms. The molecule has 2 N–H and O–H groups in total. The number of aliphatic hydroxyl groups excluding tert-OH is 1. The largest absolute Gasteiger partial charge is 0.490 e. The highest BCUT2D eigenvalue weighted by Crippen LogP contribution is 2.30. The lowest BCUT2D eigenvalue weighted by Gasteiger charge is -2.16. The first kappa shape index (κ1) is 20.5. The summed E-state index contributed by atoms with van der Waals surface area (Å²) < 4.78 is 25.3. The van der Waals surface area contributed by atoms with Gasteiger partial charge in [0.1, 0.15) is 12.4 Å². The van der Waals surface area contributed by atoms with Crippen LogP contribution in [0.15, 0.2) is 36.4 Å². The maximum atomic E-state index is 13.9. The van der Waals surface area contributed by atoms with Crippen molar-refractivity contribution in [3.63, 3.8) is 0 Å². The molecule has 0 saturated heterocycles. The van der Waals surface area contributed by atoms with E-state index in [4.69, 9.17) is 21.1 Å². The third kappa shape index (κ3) is 5.59. The number of halogens is 2. The summed E-state index contributed by atoms with van der Waals surface area (Å²) in [5, 5.41) is 12.9. The summed E-state index contributed by atoms with van der Waals surface area (Å²) in [4.78, 5) is 0. The Morgan fingerprint density at radius 3 is 2.62 bits per heavy atom. The topological polar surface area (TPSA) is 50.7 Å². The van der Waals surface area contributed by atoms with Crippen molar-refractivity contribution in [1.29, 1.82) is 0 Å². The molecule has 0 fully saturated rings. The molecule has 0 heterocycles. The first-order valence-corrected chi connectivity index (χ1v) is 9.12. The van der Waals surface area contributed by atoms with Crippen molar-refractivity contribution < 1.29 is 19.0 Å². The highest BCUT2D eigenvalue weighted by molar-refractivity contribution is 6.31. The number of ether oxygens (including phenoxy) is 2. The zero-order chi connectivity index (χ0) is 18.9. The maximum absolute atomic E-state index is 13.9. The summed E-state index contributed by atoms with van der Waals surface area (Å²) in [6.07, 6.45) is 0.847. The molecule has 1 atom stereocenters. The zero-order valence-corrected chi connectivity index (χ0v) is 15.9. The third-order valence-corrected chi connectivity index (χ3v) is 4.40. The molecule has 2 aromatic rings. The number of hydrogen-bond acceptors (Lipinski definition) is 4. The molecule has 0 aliphatic rings. The second-order valence-corrected chi connectivity index (χ2v) is 6.28. The van der Waals surface area contributed by atoms with Gasteiger partial charge < -0.3 is 19.9 Å². The van der Waals surface area contributed by atoms with Gasteiger partial charge in [-0.2, -0.15) is 0 Å². The summed E-state index contributed by atoms with van der Waals surface area (Å²) in [5.41, 5.74) is 1.33. The van der Waals surface area contributed by atoms with Crippen LogP contribution in [-0.4, -0.2) is 24.4 Å². The fourth-order valence-electron chi connectivity index (χ4n) is 2.47. The van der Waals surface area contributed by atoms with Crippen LogP contribution in [0.2, 0.25) is 5.02 Å². The molecular formula is C20H25ClFNO3. The van der Waals surface area contributed by atoms with Crippen molar-refractivity contribution in [2.45, 2.75) is 39.5 Å². The lowest BCUT2D eigenvalue weighted by atomic mass is 10.1. The average molecular weight is 382 g/mol. The highest BCUT2D eigenvalue weighted by atomic mass is 35.5. The van der Waals surface area contributed by atoms with Gasteiger partial charge in [0, 0.05) is 18.2 Å². The van der Waals surface area contributed by atoms with Crippen LogP contribution < -0.4 is 14.8 Å². The fourth-order valence-corrected chi connectivity index (χ4v) is 2.69. The molecule has 2 aromatic carbocycles. The zero-order valence-electron chi connectivity index (χ0n) is 15.1. The monoisotopic (exact) mass is 381 g/mol. The number of benzene rings is 2. The summed E-state index contributed by atoms with van der Waals surface area (Å²) in [5.74, 6) is 0.728. The van der Waals surface area contributed by atoms with E-state index in [0.717, 1.165) is 12.0 Å². The van der Waals surface area contributed by atoms with Gasteiger partial charge in [0.05, 0.1) is 18.2 Å². The van der Waals surface area contributed by atoms with E-state index < -0.39 is 5.82 Å². The molecule has 0 aliphatic heterocycles. The average Bonchev–Trinajstić information content (AvgIpc) is 2.64. The summed E-state index contributed by atoms with van der Waals surface area (Å²) in [7, 11) is 0. The van der Waals surface area contributed by atoms with Gasteiger partial charge in [-0.05, 0) is 43.2 Å². The normalized spacial score (nSPS) is 12.0. The van der Waals surface area contributed by atoms with E-state index in [1.54, 1.807) is 18.2 Å². The molecule has 4 nitrogen and oxygen atoms in total. The van der Waals surface area contributed by atoms with Crippen molar-refractivity contribution in [1.82, 2.24) is 5.32 Å². The molecule has 0 bridgehead atoms. The quantitative estimate of drug-likeness (QED) is 0.643. The van der Waals surface area contributed by atoms with Gasteiger partial charge >= 0.3 is 0 Å². The lowest BCUT2D eigenvalue weighted by Crippen LogP contribution is -2.31.